The maximum absolute atomic E-state index is 10.9. The number of nitrogens with zero attached hydrogens (tertiary/aromatic N) is 1. The maximum atomic E-state index is 10.9. The monoisotopic (exact) mass is 195 g/mol. The Bertz CT molecular complexity index is 182. The molecular weight excluding hydrogens is 177 g/mol. The Morgan fingerprint density at radius 3 is 2.00 bits per heavy atom. The minimum Gasteiger partial charge on any atom is -0.774 e. The lowest BCUT2D eigenvalue weighted by Gasteiger charge is -2.38. The van der Waals surface area contributed by atoms with Gasteiger partial charge in [-0.1, -0.05) is 6.92 Å². The first-order chi connectivity index (χ1) is 5.19. The van der Waals surface area contributed by atoms with E-state index in [0.29, 0.717) is 6.42 Å². The van der Waals surface area contributed by atoms with Crippen molar-refractivity contribution < 1.29 is 18.8 Å². The average molecular weight is 195 g/mol. The van der Waals surface area contributed by atoms with E-state index in [9.17, 15) is 9.46 Å². The van der Waals surface area contributed by atoms with Gasteiger partial charge in [0.15, 0.2) is 13.4 Å². The van der Waals surface area contributed by atoms with Crippen LogP contribution in [-0.2, 0) is 4.57 Å². The summed E-state index contributed by atoms with van der Waals surface area (Å²) in [5, 5.41) is 0. The van der Waals surface area contributed by atoms with E-state index in [2.05, 4.69) is 0 Å². The minimum absolute atomic E-state index is 0.255. The molecule has 4 nitrogen and oxygen atoms in total. The van der Waals surface area contributed by atoms with Crippen molar-refractivity contribution in [3.63, 3.8) is 0 Å². The molecule has 0 saturated heterocycles. The zero-order valence-corrected chi connectivity index (χ0v) is 9.04. The SMILES string of the molecule is CCCC([N+](C)(C)C)P(=O)([O-])O. The molecule has 0 amide bonds. The van der Waals surface area contributed by atoms with Gasteiger partial charge in [0.05, 0.1) is 21.1 Å². The molecule has 0 heterocycles. The van der Waals surface area contributed by atoms with Gasteiger partial charge >= 0.3 is 0 Å². The maximum Gasteiger partial charge on any atom is 0.190 e. The molecule has 74 valence electrons. The second-order valence-electron chi connectivity index (χ2n) is 3.95. The number of hydrogen-bond acceptors (Lipinski definition) is 2. The summed E-state index contributed by atoms with van der Waals surface area (Å²) >= 11 is 0. The topological polar surface area (TPSA) is 60.4 Å². The zero-order valence-electron chi connectivity index (χ0n) is 8.15. The molecule has 2 atom stereocenters. The van der Waals surface area contributed by atoms with Crippen LogP contribution in [0, 0.1) is 0 Å². The molecule has 12 heavy (non-hydrogen) atoms. The van der Waals surface area contributed by atoms with E-state index in [1.165, 1.54) is 0 Å². The van der Waals surface area contributed by atoms with Crippen LogP contribution in [0.5, 0.6) is 0 Å². The predicted molar refractivity (Wildman–Crippen MR) is 46.6 cm³/mol. The van der Waals surface area contributed by atoms with E-state index in [1.807, 2.05) is 6.92 Å². The third-order valence-electron chi connectivity index (χ3n) is 1.82. The molecule has 0 aromatic rings. The van der Waals surface area contributed by atoms with Gasteiger partial charge in [-0.25, -0.2) is 0 Å². The largest absolute Gasteiger partial charge is 0.774 e. The summed E-state index contributed by atoms with van der Waals surface area (Å²) < 4.78 is 11.2. The van der Waals surface area contributed by atoms with Crippen LogP contribution in [0.25, 0.3) is 0 Å². The summed E-state index contributed by atoms with van der Waals surface area (Å²) in [5.74, 6) is -0.678. The Balaban J connectivity index is 4.57. The van der Waals surface area contributed by atoms with Crippen molar-refractivity contribution in [3.05, 3.63) is 0 Å². The summed E-state index contributed by atoms with van der Waals surface area (Å²) in [6.45, 7) is 1.90. The number of rotatable bonds is 4. The molecule has 5 heteroatoms. The van der Waals surface area contributed by atoms with Crippen molar-refractivity contribution in [1.82, 2.24) is 0 Å². The van der Waals surface area contributed by atoms with Crippen molar-refractivity contribution in [1.29, 1.82) is 0 Å². The molecule has 0 fully saturated rings. The summed E-state index contributed by atoms with van der Waals surface area (Å²) in [4.78, 5) is 19.9. The van der Waals surface area contributed by atoms with Crippen molar-refractivity contribution >= 4 is 7.60 Å². The molecule has 0 aromatic heterocycles. The first-order valence-electron chi connectivity index (χ1n) is 4.04. The lowest BCUT2D eigenvalue weighted by atomic mass is 10.3. The molecule has 0 bridgehead atoms. The average Bonchev–Trinajstić information content (AvgIpc) is 1.77. The molecule has 2 unspecified atom stereocenters. The fourth-order valence-electron chi connectivity index (χ4n) is 1.25. The molecule has 0 aliphatic rings. The van der Waals surface area contributed by atoms with Gasteiger partial charge in [0, 0.05) is 6.42 Å². The molecule has 0 aromatic carbocycles. The number of hydrogen-bond donors (Lipinski definition) is 1. The zero-order chi connectivity index (χ0) is 9.99. The predicted octanol–water partition coefficient (Wildman–Crippen LogP) is 0.364. The van der Waals surface area contributed by atoms with Gasteiger partial charge in [-0.15, -0.1) is 0 Å². The Labute approximate surface area is 74.0 Å². The normalized spacial score (nSPS) is 20.2. The van der Waals surface area contributed by atoms with Crippen LogP contribution in [0.3, 0.4) is 0 Å². The minimum atomic E-state index is -4.19. The molecular formula is C7H18NO3P. The van der Waals surface area contributed by atoms with Crippen LogP contribution in [0.15, 0.2) is 0 Å². The van der Waals surface area contributed by atoms with Gasteiger partial charge < -0.3 is 18.8 Å². The van der Waals surface area contributed by atoms with Crippen molar-refractivity contribution in [2.75, 3.05) is 21.1 Å². The van der Waals surface area contributed by atoms with Crippen LogP contribution in [-0.4, -0.2) is 36.3 Å². The van der Waals surface area contributed by atoms with Crippen LogP contribution < -0.4 is 4.89 Å². The van der Waals surface area contributed by atoms with Crippen LogP contribution in [0.2, 0.25) is 0 Å². The molecule has 0 aliphatic carbocycles. The highest BCUT2D eigenvalue weighted by atomic mass is 31.2. The highest BCUT2D eigenvalue weighted by Gasteiger charge is 2.31. The van der Waals surface area contributed by atoms with Crippen molar-refractivity contribution in [2.45, 2.75) is 25.5 Å². The lowest BCUT2D eigenvalue weighted by molar-refractivity contribution is -0.884. The third-order valence-corrected chi connectivity index (χ3v) is 3.52. The van der Waals surface area contributed by atoms with E-state index in [1.54, 1.807) is 21.1 Å². The van der Waals surface area contributed by atoms with Crippen LogP contribution in [0.4, 0.5) is 0 Å². The second-order valence-corrected chi connectivity index (χ2v) is 5.67. The molecule has 0 aliphatic heterocycles. The molecule has 1 N–H and O–H groups in total. The fourth-order valence-corrected chi connectivity index (χ4v) is 2.71. The fraction of sp³-hybridized carbons (Fsp3) is 1.00. The molecule has 0 spiro atoms. The standard InChI is InChI=1S/C7H18NO3P/c1-5-6-7(8(2,3)4)12(9,10)11/h7H,5-6H2,1-4H3,(H-,9,10,11). The quantitative estimate of drug-likeness (QED) is 0.520. The van der Waals surface area contributed by atoms with Crippen LogP contribution >= 0.6 is 7.60 Å². The molecule has 0 rings (SSSR count). The van der Waals surface area contributed by atoms with Gasteiger partial charge in [-0.05, 0) is 6.42 Å². The first kappa shape index (κ1) is 12.1. The van der Waals surface area contributed by atoms with E-state index < -0.39 is 13.4 Å². The van der Waals surface area contributed by atoms with Crippen LogP contribution in [0.1, 0.15) is 19.8 Å². The lowest BCUT2D eigenvalue weighted by Crippen LogP contribution is -2.46. The smallest absolute Gasteiger partial charge is 0.190 e. The number of quaternary nitrogens is 1. The second kappa shape index (κ2) is 3.88. The van der Waals surface area contributed by atoms with E-state index in [-0.39, 0.29) is 4.48 Å². The highest BCUT2D eigenvalue weighted by molar-refractivity contribution is 7.50. The van der Waals surface area contributed by atoms with Gasteiger partial charge in [0.1, 0.15) is 0 Å². The highest BCUT2D eigenvalue weighted by Crippen LogP contribution is 2.42. The summed E-state index contributed by atoms with van der Waals surface area (Å²) in [6, 6.07) is 0. The molecule has 0 saturated carbocycles. The van der Waals surface area contributed by atoms with Gasteiger partial charge in [-0.3, -0.25) is 0 Å². The van der Waals surface area contributed by atoms with E-state index in [0.717, 1.165) is 6.42 Å². The Kier molecular flexibility index (Phi) is 3.91. The van der Waals surface area contributed by atoms with E-state index >= 15 is 0 Å². The van der Waals surface area contributed by atoms with Gasteiger partial charge in [-0.2, -0.15) is 0 Å². The molecule has 0 radical (unpaired) electrons. The van der Waals surface area contributed by atoms with Gasteiger partial charge in [0.2, 0.25) is 0 Å². The van der Waals surface area contributed by atoms with Gasteiger partial charge in [0.25, 0.3) is 0 Å². The Morgan fingerprint density at radius 1 is 1.50 bits per heavy atom. The van der Waals surface area contributed by atoms with Crippen molar-refractivity contribution in [2.24, 2.45) is 0 Å². The summed E-state index contributed by atoms with van der Waals surface area (Å²) in [6.07, 6.45) is 1.26. The van der Waals surface area contributed by atoms with Crippen molar-refractivity contribution in [3.8, 4) is 0 Å². The summed E-state index contributed by atoms with van der Waals surface area (Å²) in [5.41, 5.74) is 0. The Hall–Kier alpha value is 0.110. The first-order valence-corrected chi connectivity index (χ1v) is 5.69. The summed E-state index contributed by atoms with van der Waals surface area (Å²) in [7, 11) is 1.10. The van der Waals surface area contributed by atoms with E-state index in [4.69, 9.17) is 4.89 Å². The third kappa shape index (κ3) is 3.68. The Morgan fingerprint density at radius 2 is 1.92 bits per heavy atom.